The van der Waals surface area contributed by atoms with Crippen molar-refractivity contribution in [1.82, 2.24) is 10.6 Å². The molecule has 2 N–H and O–H groups in total. The smallest absolute Gasteiger partial charge is 0.407 e. The van der Waals surface area contributed by atoms with Gasteiger partial charge < -0.3 is 20.1 Å². The van der Waals surface area contributed by atoms with Crippen molar-refractivity contribution in [3.63, 3.8) is 0 Å². The first kappa shape index (κ1) is 16.2. The van der Waals surface area contributed by atoms with E-state index in [1.54, 1.807) is 0 Å². The van der Waals surface area contributed by atoms with Crippen molar-refractivity contribution in [3.8, 4) is 0 Å². The zero-order valence-corrected chi connectivity index (χ0v) is 12.6. The minimum atomic E-state index is -0.446. The fraction of sp³-hybridized carbons (Fsp3) is 0.929. The quantitative estimate of drug-likeness (QED) is 0.745. The lowest BCUT2D eigenvalue weighted by molar-refractivity contribution is -0.0106. The third kappa shape index (κ3) is 7.38. The highest BCUT2D eigenvalue weighted by Crippen LogP contribution is 2.08. The van der Waals surface area contributed by atoms with Gasteiger partial charge in [-0.05, 0) is 27.2 Å². The van der Waals surface area contributed by atoms with Gasteiger partial charge >= 0.3 is 6.09 Å². The molecular weight excluding hydrogens is 244 g/mol. The van der Waals surface area contributed by atoms with Crippen molar-refractivity contribution >= 4 is 6.09 Å². The third-order valence-electron chi connectivity index (χ3n) is 2.91. The number of rotatable bonds is 7. The van der Waals surface area contributed by atoms with Gasteiger partial charge in [-0.1, -0.05) is 19.8 Å². The van der Waals surface area contributed by atoms with Gasteiger partial charge in [-0.15, -0.1) is 0 Å². The predicted molar refractivity (Wildman–Crippen MR) is 75.3 cm³/mol. The Bertz CT molecular complexity index is 272. The van der Waals surface area contributed by atoms with Crippen LogP contribution in [0.4, 0.5) is 4.79 Å². The van der Waals surface area contributed by atoms with Crippen molar-refractivity contribution in [2.45, 2.75) is 64.6 Å². The van der Waals surface area contributed by atoms with Gasteiger partial charge in [0, 0.05) is 12.6 Å². The second kappa shape index (κ2) is 7.70. The molecule has 1 aliphatic rings. The van der Waals surface area contributed by atoms with Gasteiger partial charge in [0.2, 0.25) is 0 Å². The Morgan fingerprint density at radius 2 is 2.11 bits per heavy atom. The monoisotopic (exact) mass is 272 g/mol. The van der Waals surface area contributed by atoms with Crippen LogP contribution in [0.2, 0.25) is 0 Å². The van der Waals surface area contributed by atoms with E-state index in [1.165, 1.54) is 0 Å². The van der Waals surface area contributed by atoms with Crippen LogP contribution in [0.5, 0.6) is 0 Å². The van der Waals surface area contributed by atoms with Crippen molar-refractivity contribution in [3.05, 3.63) is 0 Å². The molecule has 0 radical (unpaired) electrons. The van der Waals surface area contributed by atoms with E-state index >= 15 is 0 Å². The molecule has 19 heavy (non-hydrogen) atoms. The number of carbonyl (C=O) groups excluding carboxylic acids is 1. The Morgan fingerprint density at radius 1 is 1.42 bits per heavy atom. The molecule has 1 aliphatic heterocycles. The average molecular weight is 272 g/mol. The molecule has 5 nitrogen and oxygen atoms in total. The Labute approximate surface area is 116 Å². The van der Waals surface area contributed by atoms with E-state index in [9.17, 15) is 4.79 Å². The number of amides is 1. The zero-order valence-electron chi connectivity index (χ0n) is 12.6. The largest absolute Gasteiger partial charge is 0.444 e. The van der Waals surface area contributed by atoms with Crippen LogP contribution in [0.3, 0.4) is 0 Å². The summed E-state index contributed by atoms with van der Waals surface area (Å²) in [6.45, 7) is 9.92. The third-order valence-corrected chi connectivity index (χ3v) is 2.91. The van der Waals surface area contributed by atoms with Crippen molar-refractivity contribution in [2.24, 2.45) is 0 Å². The lowest BCUT2D eigenvalue weighted by atomic mass is 10.1. The molecule has 0 spiro atoms. The standard InChI is InChI=1S/C14H28N2O3/c1-5-6-7-11(16-12-9-18-10-12)8-15-13(17)19-14(2,3)4/h11-12,16H,5-10H2,1-4H3,(H,15,17). The SMILES string of the molecule is CCCCC(CNC(=O)OC(C)(C)C)NC1COC1. The van der Waals surface area contributed by atoms with Gasteiger partial charge in [-0.2, -0.15) is 0 Å². The van der Waals surface area contributed by atoms with Crippen molar-refractivity contribution in [2.75, 3.05) is 19.8 Å². The number of unbranched alkanes of at least 4 members (excludes halogenated alkanes) is 1. The van der Waals surface area contributed by atoms with Gasteiger partial charge in [0.05, 0.1) is 19.3 Å². The maximum Gasteiger partial charge on any atom is 0.407 e. The average Bonchev–Trinajstić information content (AvgIpc) is 2.23. The molecule has 1 amide bonds. The highest BCUT2D eigenvalue weighted by Gasteiger charge is 2.23. The predicted octanol–water partition coefficient (Wildman–Crippen LogP) is 2.06. The fourth-order valence-electron chi connectivity index (χ4n) is 1.88. The minimum absolute atomic E-state index is 0.293. The Balaban J connectivity index is 2.27. The Hall–Kier alpha value is -0.810. The summed E-state index contributed by atoms with van der Waals surface area (Å²) in [6, 6.07) is 0.726. The Kier molecular flexibility index (Phi) is 6.58. The van der Waals surface area contributed by atoms with Crippen LogP contribution < -0.4 is 10.6 Å². The number of ether oxygens (including phenoxy) is 2. The zero-order chi connectivity index (χ0) is 14.3. The summed E-state index contributed by atoms with van der Waals surface area (Å²) in [6.07, 6.45) is 3.02. The Morgan fingerprint density at radius 3 is 2.58 bits per heavy atom. The van der Waals surface area contributed by atoms with Crippen LogP contribution in [0.15, 0.2) is 0 Å². The first-order valence-corrected chi connectivity index (χ1v) is 7.21. The molecule has 0 bridgehead atoms. The minimum Gasteiger partial charge on any atom is -0.444 e. The number of hydrogen-bond acceptors (Lipinski definition) is 4. The van der Waals surface area contributed by atoms with E-state index in [4.69, 9.17) is 9.47 Å². The topological polar surface area (TPSA) is 59.6 Å². The van der Waals surface area contributed by atoms with Crippen molar-refractivity contribution in [1.29, 1.82) is 0 Å². The molecule has 112 valence electrons. The van der Waals surface area contributed by atoms with Crippen molar-refractivity contribution < 1.29 is 14.3 Å². The van der Waals surface area contributed by atoms with Crippen LogP contribution >= 0.6 is 0 Å². The highest BCUT2D eigenvalue weighted by molar-refractivity contribution is 5.67. The summed E-state index contributed by atoms with van der Waals surface area (Å²) >= 11 is 0. The molecule has 1 fully saturated rings. The van der Waals surface area contributed by atoms with E-state index in [1.807, 2.05) is 20.8 Å². The summed E-state index contributed by atoms with van der Waals surface area (Å²) in [5, 5.41) is 6.35. The van der Waals surface area contributed by atoms with Crippen LogP contribution in [0.1, 0.15) is 47.0 Å². The van der Waals surface area contributed by atoms with Gasteiger partial charge in [-0.25, -0.2) is 4.79 Å². The molecule has 1 saturated heterocycles. The first-order valence-electron chi connectivity index (χ1n) is 7.21. The lowest BCUT2D eigenvalue weighted by Gasteiger charge is -2.32. The maximum atomic E-state index is 11.6. The van der Waals surface area contributed by atoms with Gasteiger partial charge in [0.1, 0.15) is 5.60 Å². The van der Waals surface area contributed by atoms with E-state index < -0.39 is 5.60 Å². The number of carbonyl (C=O) groups is 1. The lowest BCUT2D eigenvalue weighted by Crippen LogP contribution is -2.53. The molecule has 0 aliphatic carbocycles. The summed E-state index contributed by atoms with van der Waals surface area (Å²) in [5.41, 5.74) is -0.446. The van der Waals surface area contributed by atoms with Gasteiger partial charge in [0.15, 0.2) is 0 Å². The van der Waals surface area contributed by atoms with E-state index in [-0.39, 0.29) is 6.09 Å². The molecule has 1 atom stereocenters. The number of nitrogens with one attached hydrogen (secondary N) is 2. The maximum absolute atomic E-state index is 11.6. The molecule has 1 unspecified atom stereocenters. The molecular formula is C14H28N2O3. The molecule has 1 heterocycles. The van der Waals surface area contributed by atoms with Crippen LogP contribution in [-0.2, 0) is 9.47 Å². The molecule has 1 rings (SSSR count). The normalized spacial score (nSPS) is 17.7. The van der Waals surface area contributed by atoms with E-state index in [2.05, 4.69) is 17.6 Å². The molecule has 0 saturated carbocycles. The number of hydrogen-bond donors (Lipinski definition) is 2. The number of alkyl carbamates (subject to hydrolysis) is 1. The van der Waals surface area contributed by atoms with Gasteiger partial charge in [0.25, 0.3) is 0 Å². The second-order valence-electron chi connectivity index (χ2n) is 6.12. The van der Waals surface area contributed by atoms with Crippen LogP contribution in [0, 0.1) is 0 Å². The molecule has 0 aromatic heterocycles. The molecule has 0 aromatic carbocycles. The van der Waals surface area contributed by atoms with Gasteiger partial charge in [-0.3, -0.25) is 0 Å². The summed E-state index contributed by atoms with van der Waals surface area (Å²) < 4.78 is 10.4. The summed E-state index contributed by atoms with van der Waals surface area (Å²) in [5.74, 6) is 0. The summed E-state index contributed by atoms with van der Waals surface area (Å²) in [7, 11) is 0. The summed E-state index contributed by atoms with van der Waals surface area (Å²) in [4.78, 5) is 11.6. The molecule has 5 heteroatoms. The second-order valence-corrected chi connectivity index (χ2v) is 6.12. The first-order chi connectivity index (χ1) is 8.90. The molecule has 0 aromatic rings. The van der Waals surface area contributed by atoms with Crippen LogP contribution in [-0.4, -0.2) is 43.5 Å². The highest BCUT2D eigenvalue weighted by atomic mass is 16.6. The fourth-order valence-corrected chi connectivity index (χ4v) is 1.88. The van der Waals surface area contributed by atoms with Crippen LogP contribution in [0.25, 0.3) is 0 Å². The van der Waals surface area contributed by atoms with E-state index in [0.29, 0.717) is 18.6 Å². The van der Waals surface area contributed by atoms with E-state index in [0.717, 1.165) is 32.5 Å².